The highest BCUT2D eigenvalue weighted by Gasteiger charge is 2.26. The number of ether oxygens (including phenoxy) is 1. The zero-order chi connectivity index (χ0) is 26.6. The number of nitrogens with two attached hydrogens (primary N) is 1. The van der Waals surface area contributed by atoms with Gasteiger partial charge in [-0.1, -0.05) is 19.0 Å². The number of nitrogens with zero attached hydrogens (tertiary/aromatic N) is 3. The molecule has 1 atom stereocenters. The Morgan fingerprint density at radius 2 is 1.83 bits per heavy atom. The monoisotopic (exact) mass is 502 g/mol. The Hall–Kier alpha value is -2.99. The zero-order valence-corrected chi connectivity index (χ0v) is 20.4. The van der Waals surface area contributed by atoms with Gasteiger partial charge in [0.25, 0.3) is 6.47 Å². The minimum Gasteiger partial charge on any atom is -0.483 e. The van der Waals surface area contributed by atoms with Crippen LogP contribution in [0.25, 0.3) is 0 Å². The van der Waals surface area contributed by atoms with E-state index < -0.39 is 23.5 Å². The van der Waals surface area contributed by atoms with Crippen LogP contribution in [0.15, 0.2) is 16.7 Å². The van der Waals surface area contributed by atoms with Crippen LogP contribution in [-0.2, 0) is 26.2 Å². The first kappa shape index (κ1) is 30.0. The average molecular weight is 503 g/mol. The third-order valence-electron chi connectivity index (χ3n) is 5.11. The number of carbonyl (C=O) groups excluding carboxylic acids is 1. The third-order valence-corrected chi connectivity index (χ3v) is 5.11. The lowest BCUT2D eigenvalue weighted by molar-refractivity contribution is -0.130. The van der Waals surface area contributed by atoms with Crippen molar-refractivity contribution in [3.63, 3.8) is 0 Å². The summed E-state index contributed by atoms with van der Waals surface area (Å²) in [5, 5.41) is 10.7. The highest BCUT2D eigenvalue weighted by molar-refractivity contribution is 5.77. The summed E-state index contributed by atoms with van der Waals surface area (Å²) in [6, 6.07) is 0.687. The fourth-order valence-corrected chi connectivity index (χ4v) is 3.39. The highest BCUT2D eigenvalue weighted by Crippen LogP contribution is 2.20. The van der Waals surface area contributed by atoms with Crippen LogP contribution in [-0.4, -0.2) is 65.4 Å². The maximum Gasteiger partial charge on any atom is 0.290 e. The van der Waals surface area contributed by atoms with Gasteiger partial charge in [-0.2, -0.15) is 4.98 Å². The van der Waals surface area contributed by atoms with Crippen LogP contribution in [0.1, 0.15) is 50.4 Å². The molecule has 35 heavy (non-hydrogen) atoms. The molecule has 3 N–H and O–H groups in total. The molecule has 1 aromatic heterocycles. The van der Waals surface area contributed by atoms with E-state index in [-0.39, 0.29) is 36.2 Å². The molecule has 0 spiro atoms. The summed E-state index contributed by atoms with van der Waals surface area (Å²) in [7, 11) is 1.66. The Morgan fingerprint density at radius 3 is 2.34 bits per heavy atom. The number of methoxy groups -OCH3 is 1. The molecule has 12 heteroatoms. The largest absolute Gasteiger partial charge is 0.483 e. The fourth-order valence-electron chi connectivity index (χ4n) is 3.39. The first-order valence-electron chi connectivity index (χ1n) is 11.0. The summed E-state index contributed by atoms with van der Waals surface area (Å²) in [4.78, 5) is 26.1. The summed E-state index contributed by atoms with van der Waals surface area (Å²) in [5.41, 5.74) is 5.62. The SMILES string of the molecule is COCC(C)(C)c1noc(C)n1.NC(CC(=O)N1CCCC1)Cc1cc(F)c(F)cc1F.O=CO. The molecule has 1 aliphatic heterocycles. The number of likely N-dealkylation sites (tertiary alicyclic amines) is 1. The van der Waals surface area contributed by atoms with Gasteiger partial charge in [-0.3, -0.25) is 9.59 Å². The molecule has 1 unspecified atom stereocenters. The number of halogens is 3. The van der Waals surface area contributed by atoms with Crippen molar-refractivity contribution in [1.82, 2.24) is 15.0 Å². The molecule has 9 nitrogen and oxygen atoms in total. The predicted octanol–water partition coefficient (Wildman–Crippen LogP) is 2.99. The van der Waals surface area contributed by atoms with E-state index in [1.54, 1.807) is 18.9 Å². The van der Waals surface area contributed by atoms with E-state index >= 15 is 0 Å². The van der Waals surface area contributed by atoms with Gasteiger partial charge in [0.1, 0.15) is 5.82 Å². The average Bonchev–Trinajstić information content (AvgIpc) is 3.45. The van der Waals surface area contributed by atoms with E-state index in [0.29, 0.717) is 24.4 Å². The van der Waals surface area contributed by atoms with Crippen molar-refractivity contribution in [2.45, 2.75) is 57.9 Å². The quantitative estimate of drug-likeness (QED) is 0.436. The first-order valence-corrected chi connectivity index (χ1v) is 11.0. The number of aryl methyl sites for hydroxylation is 1. The summed E-state index contributed by atoms with van der Waals surface area (Å²) in [5.74, 6) is -1.96. The van der Waals surface area contributed by atoms with Crippen molar-refractivity contribution in [2.75, 3.05) is 26.8 Å². The van der Waals surface area contributed by atoms with E-state index in [4.69, 9.17) is 24.9 Å². The van der Waals surface area contributed by atoms with Crippen molar-refractivity contribution in [1.29, 1.82) is 0 Å². The van der Waals surface area contributed by atoms with Gasteiger partial charge in [-0.15, -0.1) is 0 Å². The molecule has 3 rings (SSSR count). The van der Waals surface area contributed by atoms with Crippen LogP contribution >= 0.6 is 0 Å². The Morgan fingerprint density at radius 1 is 1.26 bits per heavy atom. The molecular formula is C23H33F3N4O5. The van der Waals surface area contributed by atoms with Crippen LogP contribution in [0.2, 0.25) is 0 Å². The third kappa shape index (κ3) is 10.0. The van der Waals surface area contributed by atoms with Gasteiger partial charge < -0.3 is 25.0 Å². The zero-order valence-electron chi connectivity index (χ0n) is 20.4. The van der Waals surface area contributed by atoms with E-state index in [0.717, 1.165) is 32.0 Å². The minimum absolute atomic E-state index is 0.00259. The molecule has 0 aliphatic carbocycles. The molecule has 1 aromatic carbocycles. The molecular weight excluding hydrogens is 469 g/mol. The van der Waals surface area contributed by atoms with Crippen LogP contribution in [0, 0.1) is 24.4 Å². The van der Waals surface area contributed by atoms with Gasteiger partial charge in [0.2, 0.25) is 11.8 Å². The Kier molecular flexibility index (Phi) is 12.4. The van der Waals surface area contributed by atoms with Crippen molar-refractivity contribution in [3.05, 3.63) is 46.9 Å². The summed E-state index contributed by atoms with van der Waals surface area (Å²) >= 11 is 0. The van der Waals surface area contributed by atoms with E-state index in [1.165, 1.54) is 0 Å². The van der Waals surface area contributed by atoms with Gasteiger partial charge in [-0.05, 0) is 30.9 Å². The summed E-state index contributed by atoms with van der Waals surface area (Å²) in [6.45, 7) is 7.60. The maximum absolute atomic E-state index is 13.5. The van der Waals surface area contributed by atoms with E-state index in [1.807, 2.05) is 13.8 Å². The molecule has 0 saturated carbocycles. The molecule has 196 valence electrons. The second-order valence-corrected chi connectivity index (χ2v) is 8.67. The lowest BCUT2D eigenvalue weighted by Gasteiger charge is -2.18. The van der Waals surface area contributed by atoms with Crippen molar-refractivity contribution in [2.24, 2.45) is 5.73 Å². The lowest BCUT2D eigenvalue weighted by Crippen LogP contribution is -2.35. The number of aromatic nitrogens is 2. The molecule has 1 saturated heterocycles. The number of hydrogen-bond donors (Lipinski definition) is 2. The number of carboxylic acid groups (broad SMARTS) is 1. The highest BCUT2D eigenvalue weighted by atomic mass is 19.2. The lowest BCUT2D eigenvalue weighted by atomic mass is 9.94. The second-order valence-electron chi connectivity index (χ2n) is 8.67. The molecule has 1 amide bonds. The van der Waals surface area contributed by atoms with E-state index in [9.17, 15) is 18.0 Å². The molecule has 1 aliphatic rings. The fraction of sp³-hybridized carbons (Fsp3) is 0.565. The first-order chi connectivity index (χ1) is 16.4. The normalized spacial score (nSPS) is 13.9. The molecule has 1 fully saturated rings. The standard InChI is InChI=1S/C14H17F3N2O.C8H14N2O2.CH2O2/c15-11-8-13(17)12(16)6-9(11)5-10(18)7-14(20)19-3-1-2-4-19;1-6-9-7(10-12-6)8(2,3)5-11-4;2-1-3/h6,8,10H,1-5,7,18H2;5H2,1-4H3;1H,(H,2,3). The number of benzene rings is 1. The number of rotatable bonds is 7. The number of amides is 1. The van der Waals surface area contributed by atoms with Crippen LogP contribution in [0.5, 0.6) is 0 Å². The second kappa shape index (κ2) is 14.4. The number of carbonyl (C=O) groups is 2. The number of hydrogen-bond acceptors (Lipinski definition) is 7. The molecule has 2 heterocycles. The maximum atomic E-state index is 13.5. The topological polar surface area (TPSA) is 132 Å². The van der Waals surface area contributed by atoms with Crippen LogP contribution < -0.4 is 5.73 Å². The Bertz CT molecular complexity index is 949. The van der Waals surface area contributed by atoms with Crippen molar-refractivity contribution < 1.29 is 37.1 Å². The summed E-state index contributed by atoms with van der Waals surface area (Å²) in [6.07, 6.45) is 2.05. The molecule has 0 radical (unpaired) electrons. The molecule has 0 bridgehead atoms. The van der Waals surface area contributed by atoms with Crippen LogP contribution in [0.3, 0.4) is 0 Å². The van der Waals surface area contributed by atoms with Gasteiger partial charge in [0, 0.05) is 45.7 Å². The van der Waals surface area contributed by atoms with Crippen LogP contribution in [0.4, 0.5) is 13.2 Å². The van der Waals surface area contributed by atoms with E-state index in [2.05, 4.69) is 10.1 Å². The van der Waals surface area contributed by atoms with Crippen molar-refractivity contribution in [3.8, 4) is 0 Å². The van der Waals surface area contributed by atoms with Gasteiger partial charge >= 0.3 is 0 Å². The molecule has 2 aromatic rings. The van der Waals surface area contributed by atoms with Gasteiger partial charge in [0.15, 0.2) is 17.5 Å². The predicted molar refractivity (Wildman–Crippen MR) is 121 cm³/mol. The smallest absolute Gasteiger partial charge is 0.290 e. The summed E-state index contributed by atoms with van der Waals surface area (Å²) < 4.78 is 49.3. The van der Waals surface area contributed by atoms with Crippen molar-refractivity contribution >= 4 is 12.4 Å². The Labute approximate surface area is 202 Å². The Balaban J connectivity index is 0.000000347. The van der Waals surface area contributed by atoms with Gasteiger partial charge in [-0.25, -0.2) is 13.2 Å². The minimum atomic E-state index is -1.23. The van der Waals surface area contributed by atoms with Gasteiger partial charge in [0.05, 0.1) is 12.0 Å².